The molecule has 0 unspecified atom stereocenters. The molecule has 1 aliphatic heterocycles. The van der Waals surface area contributed by atoms with Crippen molar-refractivity contribution in [2.75, 3.05) is 6.61 Å². The number of hydrogen-bond donors (Lipinski definition) is 1. The largest absolute Gasteiger partial charge is 0.336 e. The van der Waals surface area contributed by atoms with Crippen LogP contribution in [0, 0.1) is 0 Å². The maximum Gasteiger partial charge on any atom is 0.336 e. The van der Waals surface area contributed by atoms with E-state index in [4.69, 9.17) is 0 Å². The van der Waals surface area contributed by atoms with Crippen LogP contribution in [0.3, 0.4) is 0 Å². The minimum atomic E-state index is -3.55. The Kier molecular flexibility index (Phi) is 2.10. The molecule has 1 aromatic carbocycles. The number of hydrogen-bond acceptors (Lipinski definition) is 3. The first-order chi connectivity index (χ1) is 6.52. The molecule has 1 fully saturated rings. The quantitative estimate of drug-likeness (QED) is 0.749. The van der Waals surface area contributed by atoms with Crippen molar-refractivity contribution in [2.24, 2.45) is 0 Å². The van der Waals surface area contributed by atoms with Gasteiger partial charge >= 0.3 is 10.3 Å². The Balaban J connectivity index is 2.37. The lowest BCUT2D eigenvalue weighted by molar-refractivity contribution is 0.286. The van der Waals surface area contributed by atoms with Gasteiger partial charge in [0.2, 0.25) is 0 Å². The van der Waals surface area contributed by atoms with E-state index in [0.29, 0.717) is 0 Å². The minimum Gasteiger partial charge on any atom is -0.256 e. The summed E-state index contributed by atoms with van der Waals surface area (Å²) in [6, 6.07) is 9.37. The highest BCUT2D eigenvalue weighted by molar-refractivity contribution is 7.85. The van der Waals surface area contributed by atoms with Crippen molar-refractivity contribution in [3.8, 4) is 0 Å². The molecule has 76 valence electrons. The molecule has 0 aromatic heterocycles. The van der Waals surface area contributed by atoms with Crippen LogP contribution in [0.5, 0.6) is 0 Å². The molecule has 1 saturated heterocycles. The van der Waals surface area contributed by atoms with Crippen LogP contribution in [0.25, 0.3) is 0 Å². The molecular weight excluding hydrogens is 202 g/mol. The predicted octanol–water partition coefficient (Wildman–Crippen LogP) is 0.766. The molecule has 0 amide bonds. The van der Waals surface area contributed by atoms with Gasteiger partial charge in [0.05, 0.1) is 12.1 Å². The van der Waals surface area contributed by atoms with E-state index in [0.717, 1.165) is 5.56 Å². The zero-order valence-corrected chi connectivity index (χ0v) is 8.54. The molecule has 1 aromatic rings. The molecule has 1 heterocycles. The third-order valence-corrected chi connectivity index (χ3v) is 3.39. The van der Waals surface area contributed by atoms with Crippen molar-refractivity contribution in [3.05, 3.63) is 35.9 Å². The second-order valence-electron chi connectivity index (χ2n) is 3.52. The van der Waals surface area contributed by atoms with Crippen LogP contribution in [0.4, 0.5) is 0 Å². The summed E-state index contributed by atoms with van der Waals surface area (Å²) in [5.74, 6) is 0. The summed E-state index contributed by atoms with van der Waals surface area (Å²) >= 11 is 0. The zero-order valence-electron chi connectivity index (χ0n) is 7.73. The van der Waals surface area contributed by atoms with Crippen LogP contribution in [-0.2, 0) is 20.0 Å². The molecule has 14 heavy (non-hydrogen) atoms. The molecule has 4 nitrogen and oxygen atoms in total. The predicted molar refractivity (Wildman–Crippen MR) is 51.8 cm³/mol. The smallest absolute Gasteiger partial charge is 0.256 e. The van der Waals surface area contributed by atoms with Crippen molar-refractivity contribution < 1.29 is 12.6 Å². The molecule has 5 heteroatoms. The summed E-state index contributed by atoms with van der Waals surface area (Å²) < 4.78 is 29.3. The zero-order chi connectivity index (χ0) is 10.2. The second kappa shape index (κ2) is 3.05. The van der Waals surface area contributed by atoms with Crippen LogP contribution >= 0.6 is 0 Å². The topological polar surface area (TPSA) is 55.4 Å². The van der Waals surface area contributed by atoms with Crippen molar-refractivity contribution in [2.45, 2.75) is 12.5 Å². The average Bonchev–Trinajstić information content (AvgIpc) is 2.44. The number of nitrogens with one attached hydrogen (secondary N) is 1. The van der Waals surface area contributed by atoms with Gasteiger partial charge in [-0.3, -0.25) is 4.18 Å². The van der Waals surface area contributed by atoms with Crippen molar-refractivity contribution in [3.63, 3.8) is 0 Å². The summed E-state index contributed by atoms with van der Waals surface area (Å²) in [6.45, 7) is 1.94. The fraction of sp³-hybridized carbons (Fsp3) is 0.333. The Bertz CT molecular complexity index is 429. The van der Waals surface area contributed by atoms with Gasteiger partial charge in [0.1, 0.15) is 0 Å². The van der Waals surface area contributed by atoms with Crippen molar-refractivity contribution in [1.29, 1.82) is 0 Å². The van der Waals surface area contributed by atoms with Gasteiger partial charge in [-0.05, 0) is 12.5 Å². The first-order valence-corrected chi connectivity index (χ1v) is 5.67. The fourth-order valence-corrected chi connectivity index (χ4v) is 2.66. The molecule has 1 N–H and O–H groups in total. The van der Waals surface area contributed by atoms with Gasteiger partial charge < -0.3 is 0 Å². The van der Waals surface area contributed by atoms with Crippen LogP contribution in [-0.4, -0.2) is 15.0 Å². The van der Waals surface area contributed by atoms with E-state index in [1.807, 2.05) is 30.3 Å². The summed E-state index contributed by atoms with van der Waals surface area (Å²) in [7, 11) is -3.55. The van der Waals surface area contributed by atoms with Crippen molar-refractivity contribution in [1.82, 2.24) is 4.72 Å². The van der Waals surface area contributed by atoms with Crippen LogP contribution in [0.15, 0.2) is 30.3 Å². The van der Waals surface area contributed by atoms with E-state index < -0.39 is 15.8 Å². The standard InChI is InChI=1S/C9H11NO3S/c1-9(7-13-14(11,12)10-9)8-5-3-2-4-6-8/h2-6,10H,7H2,1H3/t9-/m1/s1. The first kappa shape index (κ1) is 9.64. The highest BCUT2D eigenvalue weighted by atomic mass is 32.2. The molecule has 0 radical (unpaired) electrons. The molecule has 0 spiro atoms. The Hall–Kier alpha value is -0.910. The van der Waals surface area contributed by atoms with Gasteiger partial charge in [-0.2, -0.15) is 13.1 Å². The molecule has 0 aliphatic carbocycles. The lowest BCUT2D eigenvalue weighted by atomic mass is 9.94. The molecule has 0 bridgehead atoms. The van der Waals surface area contributed by atoms with E-state index in [1.165, 1.54) is 0 Å². The highest BCUT2D eigenvalue weighted by Gasteiger charge is 2.39. The van der Waals surface area contributed by atoms with E-state index in [2.05, 4.69) is 8.91 Å². The van der Waals surface area contributed by atoms with Gasteiger partial charge in [-0.1, -0.05) is 30.3 Å². The fourth-order valence-electron chi connectivity index (χ4n) is 1.48. The average molecular weight is 213 g/mol. The number of rotatable bonds is 1. The second-order valence-corrected chi connectivity index (χ2v) is 4.86. The van der Waals surface area contributed by atoms with Gasteiger partial charge in [-0.25, -0.2) is 0 Å². The van der Waals surface area contributed by atoms with E-state index in [-0.39, 0.29) is 6.61 Å². The van der Waals surface area contributed by atoms with Gasteiger partial charge in [0.15, 0.2) is 0 Å². The lowest BCUT2D eigenvalue weighted by Gasteiger charge is -2.20. The third-order valence-electron chi connectivity index (χ3n) is 2.26. The maximum atomic E-state index is 11.1. The first-order valence-electron chi connectivity index (χ1n) is 4.26. The lowest BCUT2D eigenvalue weighted by Crippen LogP contribution is -2.37. The van der Waals surface area contributed by atoms with E-state index in [9.17, 15) is 8.42 Å². The molecule has 1 atom stereocenters. The summed E-state index contributed by atoms with van der Waals surface area (Å²) in [5, 5.41) is 0. The summed E-state index contributed by atoms with van der Waals surface area (Å²) in [5.41, 5.74) is 0.265. The molecular formula is C9H11NO3S. The van der Waals surface area contributed by atoms with Crippen LogP contribution < -0.4 is 4.72 Å². The summed E-state index contributed by atoms with van der Waals surface area (Å²) in [6.07, 6.45) is 0. The maximum absolute atomic E-state index is 11.1. The van der Waals surface area contributed by atoms with E-state index in [1.54, 1.807) is 6.92 Å². The molecule has 0 saturated carbocycles. The minimum absolute atomic E-state index is 0.138. The molecule has 1 aliphatic rings. The van der Waals surface area contributed by atoms with Gasteiger partial charge in [0.25, 0.3) is 0 Å². The Morgan fingerprint density at radius 3 is 2.50 bits per heavy atom. The van der Waals surface area contributed by atoms with Crippen molar-refractivity contribution >= 4 is 10.3 Å². The highest BCUT2D eigenvalue weighted by Crippen LogP contribution is 2.27. The Labute approximate surface area is 83.2 Å². The summed E-state index contributed by atoms with van der Waals surface area (Å²) in [4.78, 5) is 0. The normalized spacial score (nSPS) is 30.4. The SMILES string of the molecule is C[C@]1(c2ccccc2)COS(=O)(=O)N1. The van der Waals surface area contributed by atoms with Gasteiger partial charge in [-0.15, -0.1) is 0 Å². The number of benzene rings is 1. The molecule has 2 rings (SSSR count). The monoisotopic (exact) mass is 213 g/mol. The van der Waals surface area contributed by atoms with E-state index >= 15 is 0 Å². The Morgan fingerprint density at radius 2 is 2.00 bits per heavy atom. The van der Waals surface area contributed by atoms with Gasteiger partial charge in [0, 0.05) is 0 Å². The van der Waals surface area contributed by atoms with Crippen LogP contribution in [0.2, 0.25) is 0 Å². The third kappa shape index (κ3) is 1.66. The van der Waals surface area contributed by atoms with Crippen LogP contribution in [0.1, 0.15) is 12.5 Å². The Morgan fingerprint density at radius 1 is 1.36 bits per heavy atom.